The van der Waals surface area contributed by atoms with E-state index >= 15 is 0 Å². The van der Waals surface area contributed by atoms with Crippen LogP contribution in [0.2, 0.25) is 0 Å². The van der Waals surface area contributed by atoms with Crippen LogP contribution in [0.5, 0.6) is 5.75 Å². The molecule has 156 valence electrons. The fourth-order valence-electron chi connectivity index (χ4n) is 8.91. The Hall–Kier alpha value is -1.10. The molecule has 7 aliphatic rings. The summed E-state index contributed by atoms with van der Waals surface area (Å²) in [7, 11) is 1.86. The van der Waals surface area contributed by atoms with Crippen molar-refractivity contribution in [1.82, 2.24) is 4.90 Å². The molecule has 4 saturated carbocycles. The van der Waals surface area contributed by atoms with Crippen LogP contribution in [-0.4, -0.2) is 54.6 Å². The summed E-state index contributed by atoms with van der Waals surface area (Å²) in [6, 6.07) is 5.26. The number of likely N-dealkylation sites (tertiary alicyclic amines) is 1. The second-order valence-corrected chi connectivity index (χ2v) is 11.0. The summed E-state index contributed by atoms with van der Waals surface area (Å²) in [5, 5.41) is 10.5. The van der Waals surface area contributed by atoms with Crippen molar-refractivity contribution in [2.75, 3.05) is 26.8 Å². The van der Waals surface area contributed by atoms with Crippen molar-refractivity contribution in [3.63, 3.8) is 0 Å². The Morgan fingerprint density at radius 1 is 1.24 bits per heavy atom. The van der Waals surface area contributed by atoms with Gasteiger partial charge < -0.3 is 14.6 Å². The van der Waals surface area contributed by atoms with Crippen molar-refractivity contribution >= 4 is 0 Å². The first-order valence-corrected chi connectivity index (χ1v) is 11.8. The van der Waals surface area contributed by atoms with Crippen molar-refractivity contribution in [3.8, 4) is 5.75 Å². The maximum absolute atomic E-state index is 10.5. The molecule has 0 amide bonds. The molecule has 0 aromatic heterocycles. The van der Waals surface area contributed by atoms with Crippen LogP contribution in [-0.2, 0) is 16.6 Å². The number of fused-ring (bicyclic) bond motifs is 2. The number of methoxy groups -OCH3 is 1. The lowest BCUT2D eigenvalue weighted by molar-refractivity contribution is -0.281. The fourth-order valence-corrected chi connectivity index (χ4v) is 8.91. The maximum atomic E-state index is 10.5. The van der Waals surface area contributed by atoms with Crippen LogP contribution in [0.1, 0.15) is 55.2 Å². The lowest BCUT2D eigenvalue weighted by Crippen LogP contribution is -2.81. The lowest BCUT2D eigenvalue weighted by atomic mass is 9.35. The summed E-state index contributed by atoms with van der Waals surface area (Å²) < 4.78 is 13.3. The fraction of sp³-hybridized carbons (Fsp3) is 0.760. The van der Waals surface area contributed by atoms with Gasteiger partial charge in [-0.05, 0) is 75.5 Å². The van der Waals surface area contributed by atoms with E-state index in [1.54, 1.807) is 5.56 Å². The number of hydrogen-bond acceptors (Lipinski definition) is 4. The highest BCUT2D eigenvalue weighted by atomic mass is 16.6. The Kier molecular flexibility index (Phi) is 3.26. The molecule has 0 unspecified atom stereocenters. The Balaban J connectivity index is 1.48. The molecule has 6 atom stereocenters. The monoisotopic (exact) mass is 395 g/mol. The Bertz CT molecular complexity index is 896. The van der Waals surface area contributed by atoms with Gasteiger partial charge in [-0.2, -0.15) is 0 Å². The van der Waals surface area contributed by atoms with Crippen LogP contribution in [0.3, 0.4) is 0 Å². The van der Waals surface area contributed by atoms with Gasteiger partial charge in [-0.15, -0.1) is 0 Å². The first kappa shape index (κ1) is 17.6. The van der Waals surface area contributed by atoms with Gasteiger partial charge in [0.05, 0.1) is 0 Å². The van der Waals surface area contributed by atoms with Crippen LogP contribution in [0.15, 0.2) is 12.1 Å². The Labute approximate surface area is 173 Å². The summed E-state index contributed by atoms with van der Waals surface area (Å²) in [4.78, 5) is 2.86. The van der Waals surface area contributed by atoms with Gasteiger partial charge in [-0.1, -0.05) is 12.1 Å². The molecule has 5 aliphatic carbocycles. The third kappa shape index (κ3) is 1.78. The molecule has 4 bridgehead atoms. The smallest absolute Gasteiger partial charge is 0.138 e. The highest BCUT2D eigenvalue weighted by Crippen LogP contribution is 2.76. The number of aliphatic hydroxyl groups excluding tert-OH is 1. The molecule has 2 spiro atoms. The van der Waals surface area contributed by atoms with Gasteiger partial charge in [0.25, 0.3) is 0 Å². The predicted octanol–water partition coefficient (Wildman–Crippen LogP) is 3.21. The summed E-state index contributed by atoms with van der Waals surface area (Å²) in [6.45, 7) is 4.89. The third-order valence-corrected chi connectivity index (χ3v) is 10.2. The average Bonchev–Trinajstić information content (AvgIpc) is 3.48. The molecular formula is C25H33NO3. The van der Waals surface area contributed by atoms with Crippen LogP contribution in [0, 0.1) is 24.2 Å². The molecule has 1 aromatic rings. The van der Waals surface area contributed by atoms with Crippen molar-refractivity contribution in [3.05, 3.63) is 28.8 Å². The van der Waals surface area contributed by atoms with E-state index in [2.05, 4.69) is 24.0 Å². The number of hydrogen-bond donors (Lipinski definition) is 1. The summed E-state index contributed by atoms with van der Waals surface area (Å²) in [6.07, 6.45) is 8.57. The number of nitrogens with zero attached hydrogens (tertiary/aromatic N) is 1. The minimum atomic E-state index is -0.347. The van der Waals surface area contributed by atoms with Gasteiger partial charge in [0.1, 0.15) is 17.5 Å². The number of aliphatic hydroxyl groups is 1. The van der Waals surface area contributed by atoms with E-state index in [0.29, 0.717) is 6.04 Å². The highest BCUT2D eigenvalue weighted by Gasteiger charge is 2.80. The summed E-state index contributed by atoms with van der Waals surface area (Å²) in [5.74, 6) is 2.26. The zero-order valence-electron chi connectivity index (χ0n) is 17.7. The van der Waals surface area contributed by atoms with Gasteiger partial charge in [-0.3, -0.25) is 4.90 Å². The second kappa shape index (κ2) is 5.38. The topological polar surface area (TPSA) is 41.9 Å². The highest BCUT2D eigenvalue weighted by molar-refractivity contribution is 5.61. The lowest BCUT2D eigenvalue weighted by Gasteiger charge is -2.73. The summed E-state index contributed by atoms with van der Waals surface area (Å²) >= 11 is 0. The Morgan fingerprint density at radius 2 is 2.10 bits per heavy atom. The molecule has 1 saturated heterocycles. The molecule has 8 rings (SSSR count). The number of rotatable bonds is 4. The molecule has 5 fully saturated rings. The first-order chi connectivity index (χ1) is 14.1. The van der Waals surface area contributed by atoms with E-state index in [0.717, 1.165) is 30.9 Å². The molecule has 2 aliphatic heterocycles. The van der Waals surface area contributed by atoms with Crippen LogP contribution >= 0.6 is 0 Å². The van der Waals surface area contributed by atoms with Crippen molar-refractivity contribution in [2.45, 2.75) is 75.0 Å². The van der Waals surface area contributed by atoms with Gasteiger partial charge in [0, 0.05) is 48.6 Å². The summed E-state index contributed by atoms with van der Waals surface area (Å²) in [5.41, 5.74) is 4.30. The van der Waals surface area contributed by atoms with E-state index in [9.17, 15) is 5.11 Å². The number of piperidine rings is 1. The maximum Gasteiger partial charge on any atom is 0.138 e. The minimum Gasteiger partial charge on any atom is -0.486 e. The van der Waals surface area contributed by atoms with Gasteiger partial charge in [-0.25, -0.2) is 0 Å². The van der Waals surface area contributed by atoms with Crippen molar-refractivity contribution < 1.29 is 14.6 Å². The zero-order chi connectivity index (χ0) is 19.6. The zero-order valence-corrected chi connectivity index (χ0v) is 17.7. The van der Waals surface area contributed by atoms with E-state index < -0.39 is 0 Å². The van der Waals surface area contributed by atoms with E-state index in [1.165, 1.54) is 49.9 Å². The van der Waals surface area contributed by atoms with Crippen molar-refractivity contribution in [1.29, 1.82) is 0 Å². The second-order valence-electron chi connectivity index (χ2n) is 11.0. The van der Waals surface area contributed by atoms with Gasteiger partial charge in [0.15, 0.2) is 0 Å². The van der Waals surface area contributed by atoms with Gasteiger partial charge in [0.2, 0.25) is 0 Å². The number of ether oxygens (including phenoxy) is 2. The predicted molar refractivity (Wildman–Crippen MR) is 110 cm³/mol. The average molecular weight is 396 g/mol. The molecule has 4 heteroatoms. The largest absolute Gasteiger partial charge is 0.486 e. The van der Waals surface area contributed by atoms with E-state index in [4.69, 9.17) is 9.47 Å². The minimum absolute atomic E-state index is 0.0559. The third-order valence-electron chi connectivity index (χ3n) is 10.2. The van der Waals surface area contributed by atoms with Crippen LogP contribution < -0.4 is 4.74 Å². The standard InChI is InChI=1S/C25H33NO3/c1-15-3-6-17-11-19-23-7-8-25(28-2,18(12-23)14-27)22-24(23,20(17)21(15)29-22)9-10-26(19)13-16-4-5-16/h3,6,16,18-19,22,27H,4-5,7-14H2,1-2H3/t18-,19+,22+,23+,24-,25+/m0/s1. The van der Waals surface area contributed by atoms with E-state index in [-0.39, 0.29) is 35.1 Å². The molecular weight excluding hydrogens is 362 g/mol. The number of benzene rings is 1. The quantitative estimate of drug-likeness (QED) is 0.850. The van der Waals surface area contributed by atoms with Crippen LogP contribution in [0.25, 0.3) is 0 Å². The van der Waals surface area contributed by atoms with E-state index in [1.807, 2.05) is 7.11 Å². The number of aryl methyl sites for hydroxylation is 1. The molecule has 1 aromatic carbocycles. The van der Waals surface area contributed by atoms with Crippen molar-refractivity contribution in [2.24, 2.45) is 17.3 Å². The van der Waals surface area contributed by atoms with Crippen LogP contribution in [0.4, 0.5) is 0 Å². The molecule has 29 heavy (non-hydrogen) atoms. The van der Waals surface area contributed by atoms with Gasteiger partial charge >= 0.3 is 0 Å². The molecule has 2 heterocycles. The first-order valence-electron chi connectivity index (χ1n) is 11.8. The molecule has 0 radical (unpaired) electrons. The molecule has 4 nitrogen and oxygen atoms in total. The molecule has 1 N–H and O–H groups in total. The SMILES string of the molecule is CO[C@]12CC[C@@]3(C[C@H]1CO)[C@H]1Cc4ccc(C)c5c4[C@@]3(CCN1CC1CC1)[C@H]2O5. The normalized spacial score (nSPS) is 46.5. The Morgan fingerprint density at radius 3 is 2.86 bits per heavy atom.